The van der Waals surface area contributed by atoms with Gasteiger partial charge < -0.3 is 10.2 Å². The summed E-state index contributed by atoms with van der Waals surface area (Å²) in [6.45, 7) is 1.29. The Kier molecular flexibility index (Phi) is 5.96. The number of nitrogens with one attached hydrogen (secondary N) is 1. The average Bonchev–Trinajstić information content (AvgIpc) is 2.68. The summed E-state index contributed by atoms with van der Waals surface area (Å²) in [5, 5.41) is 2.76. The Hall–Kier alpha value is -2.90. The highest BCUT2D eigenvalue weighted by Gasteiger charge is 2.30. The number of ketones is 1. The number of alkyl halides is 3. The average molecular weight is 391 g/mol. The van der Waals surface area contributed by atoms with Crippen LogP contribution in [0.2, 0.25) is 0 Å². The molecular formula is C20H20F3N3O2. The van der Waals surface area contributed by atoms with Gasteiger partial charge in [-0.2, -0.15) is 13.2 Å². The third-order valence-electron chi connectivity index (χ3n) is 4.58. The first-order chi connectivity index (χ1) is 13.3. The SMILES string of the molecule is O=C(CC(=O)N1CCCCC1)c1cccnc1Nc1cccc(C(F)(F)F)c1. The fourth-order valence-electron chi connectivity index (χ4n) is 3.13. The zero-order valence-corrected chi connectivity index (χ0v) is 15.1. The van der Waals surface area contributed by atoms with Crippen LogP contribution >= 0.6 is 0 Å². The fourth-order valence-corrected chi connectivity index (χ4v) is 3.13. The van der Waals surface area contributed by atoms with Gasteiger partial charge in [-0.05, 0) is 49.6 Å². The summed E-state index contributed by atoms with van der Waals surface area (Å²) >= 11 is 0. The number of piperidine rings is 1. The van der Waals surface area contributed by atoms with E-state index in [1.807, 2.05) is 0 Å². The Morgan fingerprint density at radius 1 is 1.07 bits per heavy atom. The molecule has 148 valence electrons. The van der Waals surface area contributed by atoms with Gasteiger partial charge >= 0.3 is 6.18 Å². The summed E-state index contributed by atoms with van der Waals surface area (Å²) in [5.74, 6) is -0.532. The molecule has 5 nitrogen and oxygen atoms in total. The van der Waals surface area contributed by atoms with Crippen LogP contribution in [0.15, 0.2) is 42.6 Å². The van der Waals surface area contributed by atoms with E-state index in [-0.39, 0.29) is 29.4 Å². The van der Waals surface area contributed by atoms with E-state index < -0.39 is 17.5 Å². The molecule has 1 amide bonds. The number of carbonyl (C=O) groups is 2. The molecule has 1 N–H and O–H groups in total. The number of hydrogen-bond acceptors (Lipinski definition) is 4. The lowest BCUT2D eigenvalue weighted by molar-refractivity contribution is -0.137. The van der Waals surface area contributed by atoms with Gasteiger partial charge in [-0.3, -0.25) is 9.59 Å². The molecule has 1 aliphatic heterocycles. The van der Waals surface area contributed by atoms with Gasteiger partial charge in [0.2, 0.25) is 5.91 Å². The van der Waals surface area contributed by atoms with Gasteiger partial charge in [0.25, 0.3) is 0 Å². The summed E-state index contributed by atoms with van der Waals surface area (Å²) in [5.41, 5.74) is -0.475. The third-order valence-corrected chi connectivity index (χ3v) is 4.58. The molecule has 0 saturated carbocycles. The van der Waals surface area contributed by atoms with Crippen molar-refractivity contribution in [1.29, 1.82) is 0 Å². The summed E-state index contributed by atoms with van der Waals surface area (Å²) in [6.07, 6.45) is -0.404. The van der Waals surface area contributed by atoms with Crippen molar-refractivity contribution in [2.75, 3.05) is 18.4 Å². The molecule has 1 aliphatic rings. The molecule has 1 aromatic heterocycles. The van der Waals surface area contributed by atoms with Crippen molar-refractivity contribution in [3.63, 3.8) is 0 Å². The van der Waals surface area contributed by atoms with E-state index in [2.05, 4.69) is 10.3 Å². The van der Waals surface area contributed by atoms with Crippen molar-refractivity contribution in [2.45, 2.75) is 31.9 Å². The number of benzene rings is 1. The number of hydrogen-bond donors (Lipinski definition) is 1. The van der Waals surface area contributed by atoms with Crippen molar-refractivity contribution in [2.24, 2.45) is 0 Å². The van der Waals surface area contributed by atoms with Crippen LogP contribution in [0.4, 0.5) is 24.7 Å². The maximum atomic E-state index is 12.9. The molecule has 1 fully saturated rings. The molecule has 2 heterocycles. The zero-order valence-electron chi connectivity index (χ0n) is 15.1. The Morgan fingerprint density at radius 2 is 1.82 bits per heavy atom. The van der Waals surface area contributed by atoms with Crippen molar-refractivity contribution in [3.05, 3.63) is 53.7 Å². The number of pyridine rings is 1. The fraction of sp³-hybridized carbons (Fsp3) is 0.350. The van der Waals surface area contributed by atoms with E-state index in [9.17, 15) is 22.8 Å². The van der Waals surface area contributed by atoms with E-state index >= 15 is 0 Å². The van der Waals surface area contributed by atoms with E-state index in [4.69, 9.17) is 0 Å². The summed E-state index contributed by atoms with van der Waals surface area (Å²) in [6, 6.07) is 7.70. The first kappa shape index (κ1) is 19.9. The molecule has 2 aromatic rings. The van der Waals surface area contributed by atoms with E-state index in [1.165, 1.54) is 24.4 Å². The van der Waals surface area contributed by atoms with Crippen LogP contribution in [0.3, 0.4) is 0 Å². The molecule has 0 unspecified atom stereocenters. The number of rotatable bonds is 5. The molecule has 3 rings (SSSR count). The number of aromatic nitrogens is 1. The largest absolute Gasteiger partial charge is 0.416 e. The van der Waals surface area contributed by atoms with Crippen LogP contribution in [0.25, 0.3) is 0 Å². The number of likely N-dealkylation sites (tertiary alicyclic amines) is 1. The highest BCUT2D eigenvalue weighted by atomic mass is 19.4. The van der Waals surface area contributed by atoms with Crippen molar-refractivity contribution >= 4 is 23.2 Å². The predicted molar refractivity (Wildman–Crippen MR) is 98.3 cm³/mol. The minimum atomic E-state index is -4.47. The van der Waals surface area contributed by atoms with Crippen LogP contribution in [-0.2, 0) is 11.0 Å². The van der Waals surface area contributed by atoms with E-state index in [0.29, 0.717) is 13.1 Å². The van der Waals surface area contributed by atoms with Crippen LogP contribution in [-0.4, -0.2) is 34.7 Å². The minimum absolute atomic E-state index is 0.123. The van der Waals surface area contributed by atoms with Crippen molar-refractivity contribution in [1.82, 2.24) is 9.88 Å². The monoisotopic (exact) mass is 391 g/mol. The molecule has 1 saturated heterocycles. The normalized spacial score (nSPS) is 14.6. The Bertz CT molecular complexity index is 862. The minimum Gasteiger partial charge on any atom is -0.342 e. The Balaban J connectivity index is 1.76. The van der Waals surface area contributed by atoms with Gasteiger partial charge in [0, 0.05) is 25.0 Å². The smallest absolute Gasteiger partial charge is 0.342 e. The molecule has 0 bridgehead atoms. The Labute approximate surface area is 160 Å². The van der Waals surface area contributed by atoms with Crippen LogP contribution in [0.1, 0.15) is 41.6 Å². The number of Topliss-reactive ketones (excluding diaryl/α,β-unsaturated/α-hetero) is 1. The number of amides is 1. The predicted octanol–water partition coefficient (Wildman–Crippen LogP) is 4.43. The molecule has 8 heteroatoms. The van der Waals surface area contributed by atoms with Gasteiger partial charge in [-0.15, -0.1) is 0 Å². The standard InChI is InChI=1S/C20H20F3N3O2/c21-20(22,23)14-6-4-7-15(12-14)25-19-16(8-5-9-24-19)17(27)13-18(28)26-10-2-1-3-11-26/h4-9,12H,1-3,10-11,13H2,(H,24,25). The molecule has 0 spiro atoms. The molecule has 1 aromatic carbocycles. The van der Waals surface area contributed by atoms with Crippen LogP contribution < -0.4 is 5.32 Å². The van der Waals surface area contributed by atoms with Gasteiger partial charge in [0.15, 0.2) is 5.78 Å². The van der Waals surface area contributed by atoms with Crippen LogP contribution in [0.5, 0.6) is 0 Å². The Morgan fingerprint density at radius 3 is 2.54 bits per heavy atom. The van der Waals surface area contributed by atoms with Gasteiger partial charge in [-0.1, -0.05) is 6.07 Å². The first-order valence-corrected chi connectivity index (χ1v) is 9.05. The second kappa shape index (κ2) is 8.41. The second-order valence-electron chi connectivity index (χ2n) is 6.64. The number of nitrogens with zero attached hydrogens (tertiary/aromatic N) is 2. The quantitative estimate of drug-likeness (QED) is 0.605. The summed E-state index contributed by atoms with van der Waals surface area (Å²) < 4.78 is 38.7. The second-order valence-corrected chi connectivity index (χ2v) is 6.64. The van der Waals surface area contributed by atoms with Gasteiger partial charge in [0.05, 0.1) is 17.5 Å². The molecule has 28 heavy (non-hydrogen) atoms. The molecule has 0 radical (unpaired) electrons. The van der Waals surface area contributed by atoms with Gasteiger partial charge in [0.1, 0.15) is 5.82 Å². The van der Waals surface area contributed by atoms with Crippen molar-refractivity contribution < 1.29 is 22.8 Å². The summed E-state index contributed by atoms with van der Waals surface area (Å²) in [7, 11) is 0. The number of halogens is 3. The highest BCUT2D eigenvalue weighted by molar-refractivity contribution is 6.10. The first-order valence-electron chi connectivity index (χ1n) is 9.05. The maximum absolute atomic E-state index is 12.9. The van der Waals surface area contributed by atoms with Crippen molar-refractivity contribution in [3.8, 4) is 0 Å². The maximum Gasteiger partial charge on any atom is 0.416 e. The lowest BCUT2D eigenvalue weighted by Gasteiger charge is -2.26. The lowest BCUT2D eigenvalue weighted by Crippen LogP contribution is -2.36. The molecular weight excluding hydrogens is 371 g/mol. The number of carbonyl (C=O) groups excluding carboxylic acids is 2. The highest BCUT2D eigenvalue weighted by Crippen LogP contribution is 2.31. The molecule has 0 aliphatic carbocycles. The topological polar surface area (TPSA) is 62.3 Å². The molecule has 0 atom stereocenters. The summed E-state index contributed by atoms with van der Waals surface area (Å²) in [4.78, 5) is 30.7. The van der Waals surface area contributed by atoms with E-state index in [1.54, 1.807) is 11.0 Å². The zero-order chi connectivity index (χ0) is 20.1. The van der Waals surface area contributed by atoms with Crippen LogP contribution in [0, 0.1) is 0 Å². The number of anilines is 2. The lowest BCUT2D eigenvalue weighted by atomic mass is 10.1. The van der Waals surface area contributed by atoms with E-state index in [0.717, 1.165) is 31.4 Å². The third kappa shape index (κ3) is 4.88. The van der Waals surface area contributed by atoms with Gasteiger partial charge in [-0.25, -0.2) is 4.98 Å².